The Labute approximate surface area is 98.6 Å². The number of halogens is 1. The molecule has 1 aromatic rings. The second-order valence-corrected chi connectivity index (χ2v) is 4.73. The number of amides is 1. The van der Waals surface area contributed by atoms with Gasteiger partial charge in [0.25, 0.3) is 0 Å². The number of rotatable bonds is 3. The highest BCUT2D eigenvalue weighted by atomic mass is 79.9. The van der Waals surface area contributed by atoms with E-state index in [2.05, 4.69) is 20.9 Å². The molecule has 0 saturated heterocycles. The van der Waals surface area contributed by atoms with Gasteiger partial charge in [-0.2, -0.15) is 0 Å². The number of carbonyl (C=O) groups is 1. The molecule has 0 fully saturated rings. The second kappa shape index (κ2) is 5.26. The summed E-state index contributed by atoms with van der Waals surface area (Å²) in [5.41, 5.74) is 0.861. The molecule has 1 aromatic heterocycles. The van der Waals surface area contributed by atoms with Crippen molar-refractivity contribution in [2.24, 2.45) is 5.92 Å². The lowest BCUT2D eigenvalue weighted by Crippen LogP contribution is -2.35. The van der Waals surface area contributed by atoms with Crippen molar-refractivity contribution in [2.75, 3.05) is 11.9 Å². The molecular weight excluding hydrogens is 256 g/mol. The van der Waals surface area contributed by atoms with E-state index in [1.54, 1.807) is 24.3 Å². The average molecular weight is 271 g/mol. The molecule has 1 amide bonds. The van der Waals surface area contributed by atoms with Gasteiger partial charge in [0.1, 0.15) is 0 Å². The van der Waals surface area contributed by atoms with Crippen LogP contribution in [0.25, 0.3) is 0 Å². The van der Waals surface area contributed by atoms with Crippen LogP contribution in [-0.4, -0.2) is 22.8 Å². The first-order chi connectivity index (χ1) is 7.04. The van der Waals surface area contributed by atoms with Crippen molar-refractivity contribution in [3.05, 3.63) is 24.5 Å². The Morgan fingerprint density at radius 3 is 2.40 bits per heavy atom. The van der Waals surface area contributed by atoms with Crippen LogP contribution in [0.3, 0.4) is 0 Å². The zero-order valence-electron chi connectivity index (χ0n) is 9.14. The van der Waals surface area contributed by atoms with Crippen LogP contribution in [0.15, 0.2) is 24.5 Å². The molecule has 15 heavy (non-hydrogen) atoms. The number of alkyl halides is 1. The van der Waals surface area contributed by atoms with E-state index in [4.69, 9.17) is 0 Å². The lowest BCUT2D eigenvalue weighted by atomic mass is 10.1. The maximum atomic E-state index is 11.9. The molecule has 0 N–H and O–H groups in total. The van der Waals surface area contributed by atoms with Crippen LogP contribution in [0.2, 0.25) is 0 Å². The van der Waals surface area contributed by atoms with Gasteiger partial charge in [-0.1, -0.05) is 29.8 Å². The van der Waals surface area contributed by atoms with E-state index in [0.29, 0.717) is 0 Å². The topological polar surface area (TPSA) is 33.2 Å². The molecule has 0 spiro atoms. The van der Waals surface area contributed by atoms with E-state index >= 15 is 0 Å². The average Bonchev–Trinajstić information content (AvgIpc) is 2.27. The summed E-state index contributed by atoms with van der Waals surface area (Å²) in [4.78, 5) is 17.4. The molecule has 0 aliphatic rings. The summed E-state index contributed by atoms with van der Waals surface area (Å²) in [6.07, 6.45) is 3.36. The van der Waals surface area contributed by atoms with Crippen molar-refractivity contribution in [1.82, 2.24) is 4.98 Å². The van der Waals surface area contributed by atoms with Crippen LogP contribution in [-0.2, 0) is 4.79 Å². The zero-order chi connectivity index (χ0) is 11.4. The first kappa shape index (κ1) is 12.2. The van der Waals surface area contributed by atoms with E-state index in [0.717, 1.165) is 5.69 Å². The third kappa shape index (κ3) is 3.02. The predicted octanol–water partition coefficient (Wildman–Crippen LogP) is 2.46. The van der Waals surface area contributed by atoms with Gasteiger partial charge >= 0.3 is 0 Å². The first-order valence-electron chi connectivity index (χ1n) is 4.85. The second-order valence-electron chi connectivity index (χ2n) is 3.75. The highest BCUT2D eigenvalue weighted by molar-refractivity contribution is 9.10. The molecule has 0 aromatic carbocycles. The number of anilines is 1. The zero-order valence-corrected chi connectivity index (χ0v) is 10.7. The van der Waals surface area contributed by atoms with Crippen LogP contribution in [0.4, 0.5) is 5.69 Å². The minimum absolute atomic E-state index is 0.0659. The van der Waals surface area contributed by atoms with E-state index in [9.17, 15) is 4.79 Å². The van der Waals surface area contributed by atoms with E-state index in [-0.39, 0.29) is 16.7 Å². The minimum atomic E-state index is -0.143. The van der Waals surface area contributed by atoms with Gasteiger partial charge in [0, 0.05) is 25.1 Å². The van der Waals surface area contributed by atoms with Gasteiger partial charge in [0.05, 0.1) is 4.83 Å². The van der Waals surface area contributed by atoms with Crippen LogP contribution in [0.1, 0.15) is 13.8 Å². The first-order valence-corrected chi connectivity index (χ1v) is 5.77. The Hall–Kier alpha value is -0.900. The highest BCUT2D eigenvalue weighted by Crippen LogP contribution is 2.18. The summed E-state index contributed by atoms with van der Waals surface area (Å²) in [6, 6.07) is 3.63. The molecule has 1 unspecified atom stereocenters. The fourth-order valence-corrected chi connectivity index (χ4v) is 1.47. The van der Waals surface area contributed by atoms with Crippen molar-refractivity contribution in [3.63, 3.8) is 0 Å². The smallest absolute Gasteiger partial charge is 0.240 e. The molecule has 3 nitrogen and oxygen atoms in total. The number of nitrogens with zero attached hydrogens (tertiary/aromatic N) is 2. The Kier molecular flexibility index (Phi) is 4.27. The number of aromatic nitrogens is 1. The fourth-order valence-electron chi connectivity index (χ4n) is 1.17. The summed E-state index contributed by atoms with van der Waals surface area (Å²) in [6.45, 7) is 4.02. The van der Waals surface area contributed by atoms with Gasteiger partial charge < -0.3 is 4.90 Å². The predicted molar refractivity (Wildman–Crippen MR) is 65.2 cm³/mol. The Morgan fingerprint density at radius 1 is 1.40 bits per heavy atom. The van der Waals surface area contributed by atoms with Crippen LogP contribution < -0.4 is 4.90 Å². The molecule has 0 aliphatic heterocycles. The van der Waals surface area contributed by atoms with Gasteiger partial charge in [-0.15, -0.1) is 0 Å². The third-order valence-electron chi connectivity index (χ3n) is 2.20. The number of hydrogen-bond donors (Lipinski definition) is 0. The maximum Gasteiger partial charge on any atom is 0.240 e. The largest absolute Gasteiger partial charge is 0.314 e. The summed E-state index contributed by atoms with van der Waals surface area (Å²) in [5.74, 6) is 0.345. The molecule has 1 atom stereocenters. The molecule has 0 aliphatic carbocycles. The summed E-state index contributed by atoms with van der Waals surface area (Å²) in [5, 5.41) is 0. The molecular formula is C11H15BrN2O. The molecule has 82 valence electrons. The van der Waals surface area contributed by atoms with Crippen molar-refractivity contribution in [2.45, 2.75) is 18.7 Å². The minimum Gasteiger partial charge on any atom is -0.314 e. The lowest BCUT2D eigenvalue weighted by Gasteiger charge is -2.22. The molecule has 0 radical (unpaired) electrons. The number of pyridine rings is 1. The number of carbonyl (C=O) groups excluding carboxylic acids is 1. The van der Waals surface area contributed by atoms with Gasteiger partial charge in [0.2, 0.25) is 5.91 Å². The van der Waals surface area contributed by atoms with Gasteiger partial charge in [-0.05, 0) is 18.1 Å². The monoisotopic (exact) mass is 270 g/mol. The summed E-state index contributed by atoms with van der Waals surface area (Å²) < 4.78 is 0. The summed E-state index contributed by atoms with van der Waals surface area (Å²) in [7, 11) is 1.77. The van der Waals surface area contributed by atoms with Gasteiger partial charge in [-0.3, -0.25) is 9.78 Å². The van der Waals surface area contributed by atoms with Crippen LogP contribution in [0.5, 0.6) is 0 Å². The Balaban J connectivity index is 2.78. The van der Waals surface area contributed by atoms with E-state index < -0.39 is 0 Å². The van der Waals surface area contributed by atoms with E-state index in [1.807, 2.05) is 26.0 Å². The third-order valence-corrected chi connectivity index (χ3v) is 3.65. The van der Waals surface area contributed by atoms with Crippen LogP contribution >= 0.6 is 15.9 Å². The van der Waals surface area contributed by atoms with Crippen molar-refractivity contribution >= 4 is 27.5 Å². The standard InChI is InChI=1S/C11H15BrN2O/c1-8(2)10(12)11(15)14(3)9-4-6-13-7-5-9/h4-8,10H,1-3H3. The number of hydrogen-bond acceptors (Lipinski definition) is 2. The Bertz CT molecular complexity index is 327. The van der Waals surface area contributed by atoms with Gasteiger partial charge in [0.15, 0.2) is 0 Å². The molecule has 4 heteroatoms. The highest BCUT2D eigenvalue weighted by Gasteiger charge is 2.22. The molecule has 0 saturated carbocycles. The SMILES string of the molecule is CC(C)C(Br)C(=O)N(C)c1ccncc1. The summed E-state index contributed by atoms with van der Waals surface area (Å²) >= 11 is 3.40. The Morgan fingerprint density at radius 2 is 1.93 bits per heavy atom. The van der Waals surface area contributed by atoms with Crippen molar-refractivity contribution in [3.8, 4) is 0 Å². The van der Waals surface area contributed by atoms with Crippen LogP contribution in [0, 0.1) is 5.92 Å². The van der Waals surface area contributed by atoms with Gasteiger partial charge in [-0.25, -0.2) is 0 Å². The maximum absolute atomic E-state index is 11.9. The molecule has 0 bridgehead atoms. The fraction of sp³-hybridized carbons (Fsp3) is 0.455. The normalized spacial score (nSPS) is 12.6. The quantitative estimate of drug-likeness (QED) is 0.791. The van der Waals surface area contributed by atoms with E-state index in [1.165, 1.54) is 0 Å². The van der Waals surface area contributed by atoms with Crippen molar-refractivity contribution < 1.29 is 4.79 Å². The van der Waals surface area contributed by atoms with Crippen molar-refractivity contribution in [1.29, 1.82) is 0 Å². The molecule has 1 rings (SSSR count). The lowest BCUT2D eigenvalue weighted by molar-refractivity contribution is -0.118. The molecule has 1 heterocycles.